The molecule has 0 radical (unpaired) electrons. The van der Waals surface area contributed by atoms with Gasteiger partial charge in [0.1, 0.15) is 0 Å². The Hall–Kier alpha value is -2.38. The third-order valence-electron chi connectivity index (χ3n) is 1.56. The second-order valence-corrected chi connectivity index (χ2v) is 2.44. The molecule has 2 rings (SSSR count). The van der Waals surface area contributed by atoms with Gasteiger partial charge in [0.2, 0.25) is 5.84 Å². The van der Waals surface area contributed by atoms with Crippen LogP contribution < -0.4 is 0 Å². The summed E-state index contributed by atoms with van der Waals surface area (Å²) in [4.78, 5) is 10.9. The molecule has 0 aliphatic carbocycles. The van der Waals surface area contributed by atoms with Crippen molar-refractivity contribution in [2.75, 3.05) is 0 Å². The maximum atomic E-state index is 10.6. The summed E-state index contributed by atoms with van der Waals surface area (Å²) in [5.74, 6) is -0.333. The van der Waals surface area contributed by atoms with Crippen molar-refractivity contribution in [1.29, 1.82) is 0 Å². The van der Waals surface area contributed by atoms with E-state index in [1.165, 1.54) is 12.4 Å². The van der Waals surface area contributed by atoms with Crippen molar-refractivity contribution in [1.82, 2.24) is 10.2 Å². The van der Waals surface area contributed by atoms with Crippen LogP contribution in [0.2, 0.25) is 0 Å². The van der Waals surface area contributed by atoms with Gasteiger partial charge in [-0.1, -0.05) is 4.92 Å². The van der Waals surface area contributed by atoms with E-state index in [4.69, 9.17) is 0 Å². The monoisotopic (exact) mass is 192 g/mol. The Balaban J connectivity index is 2.61. The third kappa shape index (κ3) is 1.18. The lowest BCUT2D eigenvalue weighted by molar-refractivity contribution is -0.482. The highest BCUT2D eigenvalue weighted by molar-refractivity contribution is 5.98. The normalized spacial score (nSPS) is 14.0. The highest BCUT2D eigenvalue weighted by Gasteiger charge is 2.18. The summed E-state index contributed by atoms with van der Waals surface area (Å²) in [7, 11) is 0. The number of hydrazone groups is 1. The molecular weight excluding hydrogens is 188 g/mol. The first-order chi connectivity index (χ1) is 6.68. The molecule has 1 aromatic heterocycles. The van der Waals surface area contributed by atoms with Crippen LogP contribution in [-0.4, -0.2) is 32.5 Å². The predicted molar refractivity (Wildman–Crippen MR) is 46.0 cm³/mol. The summed E-state index contributed by atoms with van der Waals surface area (Å²) in [5, 5.41) is 21.2. The van der Waals surface area contributed by atoms with Crippen molar-refractivity contribution in [2.24, 2.45) is 5.10 Å². The van der Waals surface area contributed by atoms with E-state index in [2.05, 4.69) is 27.4 Å². The molecule has 0 fully saturated rings. The van der Waals surface area contributed by atoms with Crippen molar-refractivity contribution in [3.05, 3.63) is 33.5 Å². The van der Waals surface area contributed by atoms with Gasteiger partial charge in [-0.3, -0.25) is 0 Å². The maximum Gasteiger partial charge on any atom is 0.225 e. The molecule has 70 valence electrons. The van der Waals surface area contributed by atoms with Crippen LogP contribution in [0, 0.1) is 10.1 Å². The van der Waals surface area contributed by atoms with Crippen molar-refractivity contribution >= 4 is 18.2 Å². The molecule has 0 saturated heterocycles. The Morgan fingerprint density at radius 3 is 2.93 bits per heavy atom. The molecule has 14 heavy (non-hydrogen) atoms. The fourth-order valence-electron chi connectivity index (χ4n) is 1.01. The fraction of sp³-hybridized carbons (Fsp3) is 0. The summed E-state index contributed by atoms with van der Waals surface area (Å²) in [6.07, 6.45) is 2.55. The lowest BCUT2D eigenvalue weighted by atomic mass is 10.2. The van der Waals surface area contributed by atoms with Gasteiger partial charge in [-0.05, 0) is 0 Å². The molecule has 8 nitrogen and oxygen atoms in total. The molecule has 0 amide bonds. The van der Waals surface area contributed by atoms with Gasteiger partial charge in [-0.25, -0.2) is 0 Å². The van der Waals surface area contributed by atoms with Crippen molar-refractivity contribution in [2.45, 2.75) is 0 Å². The lowest BCUT2D eigenvalue weighted by Gasteiger charge is -2.17. The van der Waals surface area contributed by atoms with E-state index >= 15 is 0 Å². The highest BCUT2D eigenvalue weighted by Crippen LogP contribution is 2.26. The largest absolute Gasteiger partial charge is 0.361 e. The first-order valence-electron chi connectivity index (χ1n) is 3.55. The number of nitrogens with zero attached hydrogens (tertiary/aromatic N) is 6. The van der Waals surface area contributed by atoms with Crippen LogP contribution in [0.5, 0.6) is 0 Å². The Kier molecular flexibility index (Phi) is 1.67. The smallest absolute Gasteiger partial charge is 0.225 e. The number of rotatable bonds is 0. The molecule has 0 aromatic carbocycles. The summed E-state index contributed by atoms with van der Waals surface area (Å²) in [5.41, 5.74) is 4.38. The van der Waals surface area contributed by atoms with Gasteiger partial charge in [0, 0.05) is 0 Å². The van der Waals surface area contributed by atoms with E-state index in [9.17, 15) is 10.1 Å². The zero-order chi connectivity index (χ0) is 10.1. The van der Waals surface area contributed by atoms with Gasteiger partial charge in [0.25, 0.3) is 0 Å². The maximum absolute atomic E-state index is 10.6. The molecule has 2 heterocycles. The van der Waals surface area contributed by atoms with Crippen LogP contribution in [0.3, 0.4) is 0 Å². The van der Waals surface area contributed by atoms with Gasteiger partial charge in [-0.15, -0.1) is 9.89 Å². The van der Waals surface area contributed by atoms with E-state index < -0.39 is 4.92 Å². The minimum Gasteiger partial charge on any atom is -0.361 e. The average Bonchev–Trinajstić information content (AvgIpc) is 2.16. The molecule has 1 aliphatic rings. The molecule has 8 heteroatoms. The Labute approximate surface area is 77.7 Å². The number of fused-ring (bicyclic) bond motifs is 1. The molecule has 0 atom stereocenters. The van der Waals surface area contributed by atoms with Crippen LogP contribution in [0.4, 0.5) is 5.69 Å². The molecule has 0 bridgehead atoms. The fourth-order valence-corrected chi connectivity index (χ4v) is 1.01. The van der Waals surface area contributed by atoms with E-state index in [0.29, 0.717) is 5.69 Å². The van der Waals surface area contributed by atoms with Crippen LogP contribution in [0.25, 0.3) is 5.43 Å². The summed E-state index contributed by atoms with van der Waals surface area (Å²) in [6.45, 7) is 3.36. The zero-order valence-electron chi connectivity index (χ0n) is 6.86. The topological polar surface area (TPSA) is 98.4 Å². The number of aromatic nitrogens is 2. The Morgan fingerprint density at radius 1 is 1.50 bits per heavy atom. The standard InChI is InChI=1S/C6H4N6O2/c1-11-9-5-3-8-7-2-4(5)6(10-11)12(13)14/h2-3H,1H2. The molecule has 1 aliphatic heterocycles. The van der Waals surface area contributed by atoms with E-state index in [1.807, 2.05) is 0 Å². The van der Waals surface area contributed by atoms with E-state index in [0.717, 1.165) is 4.79 Å². The Bertz CT molecular complexity index is 453. The average molecular weight is 192 g/mol. The van der Waals surface area contributed by atoms with E-state index in [1.54, 1.807) is 0 Å². The number of hydrogen-bond acceptors (Lipinski definition) is 5. The molecule has 1 aromatic rings. The summed E-state index contributed by atoms with van der Waals surface area (Å²) >= 11 is 0. The first kappa shape index (κ1) is 8.23. The lowest BCUT2D eigenvalue weighted by Crippen LogP contribution is -2.20. The first-order valence-corrected chi connectivity index (χ1v) is 3.55. The van der Waals surface area contributed by atoms with Crippen LogP contribution in [0.15, 0.2) is 17.5 Å². The minimum atomic E-state index is -0.618. The van der Waals surface area contributed by atoms with Crippen molar-refractivity contribution in [3.8, 4) is 0 Å². The molecule has 0 unspecified atom stereocenters. The van der Waals surface area contributed by atoms with Gasteiger partial charge >= 0.3 is 0 Å². The summed E-state index contributed by atoms with van der Waals surface area (Å²) in [6, 6.07) is 0. The number of hydrogen-bond donors (Lipinski definition) is 0. The van der Waals surface area contributed by atoms with Gasteiger partial charge in [0.05, 0.1) is 23.6 Å². The second-order valence-electron chi connectivity index (χ2n) is 2.44. The van der Waals surface area contributed by atoms with E-state index in [-0.39, 0.29) is 11.4 Å². The SMILES string of the molecule is C=[N+]1N=C([N+](=O)[O-])c2cnncc2[N-]1. The minimum absolute atomic E-state index is 0.241. The van der Waals surface area contributed by atoms with Crippen LogP contribution in [0.1, 0.15) is 5.56 Å². The van der Waals surface area contributed by atoms with Crippen LogP contribution in [-0.2, 0) is 0 Å². The van der Waals surface area contributed by atoms with Crippen molar-refractivity contribution < 1.29 is 9.72 Å². The third-order valence-corrected chi connectivity index (χ3v) is 1.56. The number of amidine groups is 1. The summed E-state index contributed by atoms with van der Waals surface area (Å²) < 4.78 is 0. The van der Waals surface area contributed by atoms with Gasteiger partial charge in [-0.2, -0.15) is 15.6 Å². The zero-order valence-corrected chi connectivity index (χ0v) is 6.86. The molecule has 0 spiro atoms. The van der Waals surface area contributed by atoms with Gasteiger partial charge in [0.15, 0.2) is 6.72 Å². The van der Waals surface area contributed by atoms with Gasteiger partial charge < -0.3 is 10.1 Å². The quantitative estimate of drug-likeness (QED) is 0.329. The predicted octanol–water partition coefficient (Wildman–Crippen LogP) is 0.0618. The molecule has 0 saturated carbocycles. The number of nitro groups is 1. The van der Waals surface area contributed by atoms with Crippen LogP contribution >= 0.6 is 0 Å². The molecule has 0 N–H and O–H groups in total. The molecular formula is C6H4N6O2. The second kappa shape index (κ2) is 2.83. The highest BCUT2D eigenvalue weighted by atomic mass is 16.6. The Morgan fingerprint density at radius 2 is 2.21 bits per heavy atom. The van der Waals surface area contributed by atoms with Crippen molar-refractivity contribution in [3.63, 3.8) is 0 Å².